The van der Waals surface area contributed by atoms with Crippen molar-refractivity contribution in [2.45, 2.75) is 30.7 Å². The Kier molecular flexibility index (Phi) is 5.77. The quantitative estimate of drug-likeness (QED) is 0.706. The van der Waals surface area contributed by atoms with Gasteiger partial charge in [0.25, 0.3) is 5.91 Å². The van der Waals surface area contributed by atoms with Gasteiger partial charge in [-0.05, 0) is 29.3 Å². The van der Waals surface area contributed by atoms with Crippen LogP contribution in [0.25, 0.3) is 10.8 Å². The van der Waals surface area contributed by atoms with Gasteiger partial charge in [0, 0.05) is 26.2 Å². The second kappa shape index (κ2) is 8.33. The lowest BCUT2D eigenvalue weighted by Crippen LogP contribution is -2.52. The molecule has 2 fully saturated rings. The fraction of sp³-hybridized carbons (Fsp3) is 0.429. The molecule has 2 aromatic rings. The van der Waals surface area contributed by atoms with Gasteiger partial charge < -0.3 is 5.32 Å². The summed E-state index contributed by atoms with van der Waals surface area (Å²) in [4.78, 5) is 28.0. The highest BCUT2D eigenvalue weighted by Crippen LogP contribution is 2.23. The molecule has 1 N–H and O–H groups in total. The van der Waals surface area contributed by atoms with E-state index in [-0.39, 0.29) is 23.5 Å². The van der Waals surface area contributed by atoms with Crippen molar-refractivity contribution in [3.8, 4) is 0 Å². The van der Waals surface area contributed by atoms with Crippen LogP contribution >= 0.6 is 0 Å². The van der Waals surface area contributed by atoms with Crippen LogP contribution in [0.5, 0.6) is 0 Å². The van der Waals surface area contributed by atoms with E-state index in [0.717, 1.165) is 17.2 Å². The normalized spacial score (nSPS) is 21.4. The zero-order valence-electron chi connectivity index (χ0n) is 17.0. The molecule has 0 aromatic heterocycles. The summed E-state index contributed by atoms with van der Waals surface area (Å²) in [6, 6.07) is 12.0. The molecule has 2 aliphatic rings. The molecule has 2 aliphatic heterocycles. The van der Waals surface area contributed by atoms with Crippen molar-refractivity contribution in [2.75, 3.05) is 32.8 Å². The zero-order chi connectivity index (χ0) is 21.3. The summed E-state index contributed by atoms with van der Waals surface area (Å²) >= 11 is 0. The number of piperazine rings is 1. The van der Waals surface area contributed by atoms with Gasteiger partial charge in [-0.25, -0.2) is 18.1 Å². The van der Waals surface area contributed by atoms with Crippen LogP contribution in [0.1, 0.15) is 19.8 Å². The van der Waals surface area contributed by atoms with E-state index in [1.165, 1.54) is 9.21 Å². The van der Waals surface area contributed by atoms with Gasteiger partial charge in [-0.2, -0.15) is 4.31 Å². The van der Waals surface area contributed by atoms with Crippen LogP contribution < -0.4 is 5.32 Å². The number of fused-ring (bicyclic) bond motifs is 1. The number of sulfonamides is 1. The SMILES string of the molecule is CCC[C@H]1NC(=O)N(CN2CCN(S(=O)(=O)c3ccc4ccccc4c3)CC2)C1=O. The Morgan fingerprint density at radius 2 is 1.70 bits per heavy atom. The summed E-state index contributed by atoms with van der Waals surface area (Å²) in [6.07, 6.45) is 1.44. The Morgan fingerprint density at radius 1 is 1.00 bits per heavy atom. The minimum Gasteiger partial charge on any atom is -0.326 e. The molecule has 0 bridgehead atoms. The highest BCUT2D eigenvalue weighted by Gasteiger charge is 2.39. The molecule has 30 heavy (non-hydrogen) atoms. The van der Waals surface area contributed by atoms with E-state index in [0.29, 0.717) is 32.6 Å². The minimum atomic E-state index is -3.59. The predicted molar refractivity (Wildman–Crippen MR) is 113 cm³/mol. The largest absolute Gasteiger partial charge is 0.326 e. The summed E-state index contributed by atoms with van der Waals surface area (Å²) in [5.41, 5.74) is 0. The maximum absolute atomic E-state index is 13.1. The van der Waals surface area contributed by atoms with Crippen molar-refractivity contribution in [3.63, 3.8) is 0 Å². The molecule has 1 atom stereocenters. The highest BCUT2D eigenvalue weighted by molar-refractivity contribution is 7.89. The predicted octanol–water partition coefficient (Wildman–Crippen LogP) is 1.82. The average Bonchev–Trinajstić information content (AvgIpc) is 3.01. The van der Waals surface area contributed by atoms with Gasteiger partial charge >= 0.3 is 6.03 Å². The molecule has 0 unspecified atom stereocenters. The first-order chi connectivity index (χ1) is 14.4. The minimum absolute atomic E-state index is 0.189. The third-order valence-corrected chi connectivity index (χ3v) is 7.61. The summed E-state index contributed by atoms with van der Waals surface area (Å²) in [5, 5.41) is 4.60. The van der Waals surface area contributed by atoms with Crippen LogP contribution in [0.4, 0.5) is 4.79 Å². The van der Waals surface area contributed by atoms with Crippen LogP contribution in [0.3, 0.4) is 0 Å². The number of nitrogens with zero attached hydrogens (tertiary/aromatic N) is 3. The first-order valence-corrected chi connectivity index (χ1v) is 11.7. The monoisotopic (exact) mass is 430 g/mol. The third-order valence-electron chi connectivity index (χ3n) is 5.72. The number of carbonyl (C=O) groups is 2. The molecule has 0 radical (unpaired) electrons. The van der Waals surface area contributed by atoms with E-state index in [2.05, 4.69) is 5.32 Å². The molecular formula is C21H26N4O4S. The second-order valence-electron chi connectivity index (χ2n) is 7.73. The Bertz CT molecular complexity index is 1060. The number of hydrogen-bond donors (Lipinski definition) is 1. The van der Waals surface area contributed by atoms with Crippen LogP contribution in [-0.4, -0.2) is 73.4 Å². The van der Waals surface area contributed by atoms with Gasteiger partial charge in [0.2, 0.25) is 10.0 Å². The first-order valence-electron chi connectivity index (χ1n) is 10.2. The van der Waals surface area contributed by atoms with Gasteiger partial charge in [-0.15, -0.1) is 0 Å². The number of urea groups is 1. The topological polar surface area (TPSA) is 90.0 Å². The van der Waals surface area contributed by atoms with E-state index in [9.17, 15) is 18.0 Å². The lowest BCUT2D eigenvalue weighted by Gasteiger charge is -2.35. The van der Waals surface area contributed by atoms with Crippen molar-refractivity contribution < 1.29 is 18.0 Å². The van der Waals surface area contributed by atoms with Crippen LogP contribution in [-0.2, 0) is 14.8 Å². The number of nitrogens with one attached hydrogen (secondary N) is 1. The van der Waals surface area contributed by atoms with Crippen LogP contribution in [0.2, 0.25) is 0 Å². The van der Waals surface area contributed by atoms with Crippen molar-refractivity contribution >= 4 is 32.7 Å². The van der Waals surface area contributed by atoms with Crippen LogP contribution in [0, 0.1) is 0 Å². The van der Waals surface area contributed by atoms with E-state index in [1.807, 2.05) is 42.2 Å². The first kappa shape index (κ1) is 20.8. The molecule has 2 saturated heterocycles. The van der Waals surface area contributed by atoms with E-state index >= 15 is 0 Å². The van der Waals surface area contributed by atoms with Gasteiger partial charge in [0.05, 0.1) is 11.6 Å². The molecule has 0 aliphatic carbocycles. The molecular weight excluding hydrogens is 404 g/mol. The van der Waals surface area contributed by atoms with E-state index in [4.69, 9.17) is 0 Å². The number of carbonyl (C=O) groups excluding carboxylic acids is 2. The molecule has 9 heteroatoms. The number of amides is 3. The molecule has 2 heterocycles. The number of benzene rings is 2. The Balaban J connectivity index is 1.40. The smallest absolute Gasteiger partial charge is 0.325 e. The zero-order valence-corrected chi connectivity index (χ0v) is 17.8. The number of hydrogen-bond acceptors (Lipinski definition) is 5. The van der Waals surface area contributed by atoms with Gasteiger partial charge in [-0.3, -0.25) is 9.69 Å². The molecule has 8 nitrogen and oxygen atoms in total. The maximum atomic E-state index is 13.1. The fourth-order valence-electron chi connectivity index (χ4n) is 3.98. The lowest BCUT2D eigenvalue weighted by molar-refractivity contribution is -0.129. The average molecular weight is 431 g/mol. The molecule has 0 saturated carbocycles. The Labute approximate surface area is 176 Å². The molecule has 0 spiro atoms. The second-order valence-corrected chi connectivity index (χ2v) is 9.67. The summed E-state index contributed by atoms with van der Waals surface area (Å²) in [6.45, 7) is 3.71. The number of imide groups is 1. The van der Waals surface area contributed by atoms with Crippen LogP contribution in [0.15, 0.2) is 47.4 Å². The molecule has 2 aromatic carbocycles. The van der Waals surface area contributed by atoms with Gasteiger partial charge in [-0.1, -0.05) is 43.7 Å². The van der Waals surface area contributed by atoms with Crippen molar-refractivity contribution in [1.82, 2.24) is 19.4 Å². The van der Waals surface area contributed by atoms with E-state index in [1.54, 1.807) is 12.1 Å². The summed E-state index contributed by atoms with van der Waals surface area (Å²) in [5.74, 6) is -0.201. The molecule has 3 amide bonds. The standard InChI is InChI=1S/C21H26N4O4S/c1-2-5-19-20(26)25(21(27)22-19)15-23-10-12-24(13-11-23)30(28,29)18-9-8-16-6-3-4-7-17(16)14-18/h3-4,6-9,14,19H,2,5,10-13,15H2,1H3,(H,22,27)/t19-/m1/s1. The van der Waals surface area contributed by atoms with Crippen molar-refractivity contribution in [3.05, 3.63) is 42.5 Å². The van der Waals surface area contributed by atoms with Crippen molar-refractivity contribution in [2.24, 2.45) is 0 Å². The van der Waals surface area contributed by atoms with Gasteiger partial charge in [0.15, 0.2) is 0 Å². The Hall–Kier alpha value is -2.49. The lowest BCUT2D eigenvalue weighted by atomic mass is 10.1. The third kappa shape index (κ3) is 3.92. The summed E-state index contributed by atoms with van der Waals surface area (Å²) < 4.78 is 27.6. The maximum Gasteiger partial charge on any atom is 0.325 e. The highest BCUT2D eigenvalue weighted by atomic mass is 32.2. The molecule has 160 valence electrons. The van der Waals surface area contributed by atoms with E-state index < -0.39 is 16.1 Å². The number of rotatable bonds is 6. The molecule has 4 rings (SSSR count). The fourth-order valence-corrected chi connectivity index (χ4v) is 5.44. The van der Waals surface area contributed by atoms with Gasteiger partial charge in [0.1, 0.15) is 6.04 Å². The summed E-state index contributed by atoms with van der Waals surface area (Å²) in [7, 11) is -3.59. The Morgan fingerprint density at radius 3 is 2.40 bits per heavy atom. The van der Waals surface area contributed by atoms with Crippen molar-refractivity contribution in [1.29, 1.82) is 0 Å².